The van der Waals surface area contributed by atoms with Crippen LogP contribution in [0.2, 0.25) is 0 Å². The molecule has 0 aromatic carbocycles. The van der Waals surface area contributed by atoms with Crippen LogP contribution in [0.25, 0.3) is 0 Å². The Kier molecular flexibility index (Phi) is 51.3. The Morgan fingerprint density at radius 3 is 1.06 bits per heavy atom. The molecule has 65 heavy (non-hydrogen) atoms. The lowest BCUT2D eigenvalue weighted by molar-refractivity contribution is -0.167. The number of carbonyl (C=O) groups excluding carboxylic acids is 3. The van der Waals surface area contributed by atoms with Gasteiger partial charge in [-0.15, -0.1) is 0 Å². The van der Waals surface area contributed by atoms with Crippen LogP contribution >= 0.6 is 0 Å². The Balaban J connectivity index is 4.39. The number of unbranched alkanes of at least 4 members (excludes halogenated alkanes) is 30. The molecule has 1 unspecified atom stereocenters. The Morgan fingerprint density at radius 2 is 0.646 bits per heavy atom. The lowest BCUT2D eigenvalue weighted by Crippen LogP contribution is -2.30. The van der Waals surface area contributed by atoms with E-state index in [1.54, 1.807) is 0 Å². The zero-order valence-electron chi connectivity index (χ0n) is 43.0. The first kappa shape index (κ1) is 62.1. The normalized spacial score (nSPS) is 12.5. The van der Waals surface area contributed by atoms with Crippen molar-refractivity contribution in [2.24, 2.45) is 0 Å². The number of hydrogen-bond acceptors (Lipinski definition) is 6. The van der Waals surface area contributed by atoms with E-state index < -0.39 is 6.10 Å². The highest BCUT2D eigenvalue weighted by atomic mass is 16.6. The fourth-order valence-electron chi connectivity index (χ4n) is 7.86. The first-order valence-corrected chi connectivity index (χ1v) is 27.8. The number of esters is 3. The summed E-state index contributed by atoms with van der Waals surface area (Å²) >= 11 is 0. The number of ether oxygens (including phenoxy) is 3. The molecule has 0 radical (unpaired) electrons. The summed E-state index contributed by atoms with van der Waals surface area (Å²) in [5, 5.41) is 0. The van der Waals surface area contributed by atoms with E-state index in [1.165, 1.54) is 141 Å². The van der Waals surface area contributed by atoms with Gasteiger partial charge in [0.25, 0.3) is 0 Å². The van der Waals surface area contributed by atoms with Gasteiger partial charge in [0.1, 0.15) is 13.2 Å². The van der Waals surface area contributed by atoms with Crippen molar-refractivity contribution in [3.8, 4) is 0 Å². The van der Waals surface area contributed by atoms with E-state index in [0.29, 0.717) is 19.3 Å². The topological polar surface area (TPSA) is 78.9 Å². The average molecular weight is 909 g/mol. The molecule has 0 saturated carbocycles. The number of hydrogen-bond donors (Lipinski definition) is 0. The second-order valence-corrected chi connectivity index (χ2v) is 18.5. The molecule has 6 heteroatoms. The molecule has 0 aliphatic carbocycles. The Morgan fingerprint density at radius 1 is 0.338 bits per heavy atom. The summed E-state index contributed by atoms with van der Waals surface area (Å²) in [7, 11) is 0. The van der Waals surface area contributed by atoms with E-state index in [4.69, 9.17) is 14.2 Å². The second-order valence-electron chi connectivity index (χ2n) is 18.5. The van der Waals surface area contributed by atoms with E-state index >= 15 is 0 Å². The maximum Gasteiger partial charge on any atom is 0.306 e. The molecule has 0 N–H and O–H groups in total. The van der Waals surface area contributed by atoms with Crippen molar-refractivity contribution in [2.75, 3.05) is 13.2 Å². The van der Waals surface area contributed by atoms with Gasteiger partial charge in [-0.3, -0.25) is 14.4 Å². The summed E-state index contributed by atoms with van der Waals surface area (Å²) in [5.41, 5.74) is 0. The van der Waals surface area contributed by atoms with Crippen molar-refractivity contribution < 1.29 is 28.6 Å². The van der Waals surface area contributed by atoms with Crippen molar-refractivity contribution >= 4 is 17.9 Å². The summed E-state index contributed by atoms with van der Waals surface area (Å²) in [6.45, 7) is 6.49. The largest absolute Gasteiger partial charge is 0.462 e. The van der Waals surface area contributed by atoms with E-state index in [9.17, 15) is 14.4 Å². The smallest absolute Gasteiger partial charge is 0.306 e. The minimum atomic E-state index is -0.794. The summed E-state index contributed by atoms with van der Waals surface area (Å²) in [5.74, 6) is -0.937. The molecule has 0 fully saturated rings. The molecule has 0 aromatic heterocycles. The number of carbonyl (C=O) groups is 3. The molecule has 0 saturated heterocycles. The maximum absolute atomic E-state index is 12.8. The highest BCUT2D eigenvalue weighted by Gasteiger charge is 2.19. The maximum atomic E-state index is 12.8. The number of rotatable bonds is 50. The molecular weight excluding hydrogens is 805 g/mol. The van der Waals surface area contributed by atoms with Gasteiger partial charge in [0.15, 0.2) is 6.10 Å². The van der Waals surface area contributed by atoms with Gasteiger partial charge in [0.05, 0.1) is 0 Å². The van der Waals surface area contributed by atoms with Crippen molar-refractivity contribution in [3.63, 3.8) is 0 Å². The van der Waals surface area contributed by atoms with Crippen LogP contribution in [0.5, 0.6) is 0 Å². The highest BCUT2D eigenvalue weighted by Crippen LogP contribution is 2.16. The lowest BCUT2D eigenvalue weighted by atomic mass is 10.0. The Labute approximate surface area is 402 Å². The van der Waals surface area contributed by atoms with Crippen LogP contribution in [0, 0.1) is 0 Å². The average Bonchev–Trinajstić information content (AvgIpc) is 3.30. The van der Waals surface area contributed by atoms with E-state index in [-0.39, 0.29) is 31.1 Å². The van der Waals surface area contributed by atoms with Crippen LogP contribution in [-0.4, -0.2) is 37.2 Å². The molecular formula is C59H104O6. The van der Waals surface area contributed by atoms with Crippen LogP contribution in [0.1, 0.15) is 278 Å². The molecule has 6 nitrogen and oxygen atoms in total. The molecule has 0 bridgehead atoms. The van der Waals surface area contributed by atoms with E-state index in [1.807, 2.05) is 0 Å². The fraction of sp³-hybridized carbons (Fsp3) is 0.780. The monoisotopic (exact) mass is 909 g/mol. The van der Waals surface area contributed by atoms with Gasteiger partial charge in [-0.2, -0.15) is 0 Å². The zero-order chi connectivity index (χ0) is 47.2. The molecule has 376 valence electrons. The van der Waals surface area contributed by atoms with Gasteiger partial charge < -0.3 is 14.2 Å². The summed E-state index contributed by atoms with van der Waals surface area (Å²) in [6, 6.07) is 0. The minimum Gasteiger partial charge on any atom is -0.462 e. The molecule has 0 amide bonds. The van der Waals surface area contributed by atoms with E-state index in [0.717, 1.165) is 96.3 Å². The first-order chi connectivity index (χ1) is 32.0. The minimum absolute atomic E-state index is 0.0924. The number of allylic oxidation sites excluding steroid dienone is 10. The molecule has 0 aromatic rings. The predicted molar refractivity (Wildman–Crippen MR) is 279 cm³/mol. The van der Waals surface area contributed by atoms with Crippen LogP contribution < -0.4 is 0 Å². The molecule has 0 rings (SSSR count). The standard InChI is InChI=1S/C59H104O6/c1-4-7-10-13-16-19-22-25-27-29-31-32-34-37-40-43-46-49-52-58(61)64-55-56(54-63-57(60)51-48-45-42-39-36-24-21-18-15-12-9-6-3)65-59(62)53-50-47-44-41-38-35-33-30-28-26-23-20-17-14-11-8-5-2/h9,12,18,21,27,29,31-32,36,39,56H,4-8,10-11,13-17,19-20,22-26,28,30,33-35,37-38,40-55H2,1-3H3/b12-9-,21-18-,29-27-,32-31-,39-36-. The van der Waals surface area contributed by atoms with Crippen LogP contribution in [0.3, 0.4) is 0 Å². The van der Waals surface area contributed by atoms with Gasteiger partial charge in [-0.1, -0.05) is 242 Å². The third-order valence-electron chi connectivity index (χ3n) is 12.0. The fourth-order valence-corrected chi connectivity index (χ4v) is 7.86. The van der Waals surface area contributed by atoms with Crippen LogP contribution in [0.4, 0.5) is 0 Å². The summed E-state index contributed by atoms with van der Waals surface area (Å²) in [4.78, 5) is 38.0. The molecule has 0 heterocycles. The van der Waals surface area contributed by atoms with Crippen molar-refractivity contribution in [2.45, 2.75) is 284 Å². The highest BCUT2D eigenvalue weighted by molar-refractivity contribution is 5.71. The third-order valence-corrected chi connectivity index (χ3v) is 12.0. The van der Waals surface area contributed by atoms with Crippen molar-refractivity contribution in [1.29, 1.82) is 0 Å². The predicted octanol–water partition coefficient (Wildman–Crippen LogP) is 18.4. The quantitative estimate of drug-likeness (QED) is 0.0199. The van der Waals surface area contributed by atoms with Crippen molar-refractivity contribution in [1.82, 2.24) is 0 Å². The second kappa shape index (κ2) is 53.7. The lowest BCUT2D eigenvalue weighted by Gasteiger charge is -2.18. The first-order valence-electron chi connectivity index (χ1n) is 27.8. The van der Waals surface area contributed by atoms with Gasteiger partial charge in [0.2, 0.25) is 0 Å². The van der Waals surface area contributed by atoms with Crippen molar-refractivity contribution in [3.05, 3.63) is 60.8 Å². The van der Waals surface area contributed by atoms with Gasteiger partial charge in [-0.05, 0) is 77.0 Å². The summed E-state index contributed by atoms with van der Waals surface area (Å²) < 4.78 is 16.8. The molecule has 0 aliphatic rings. The molecule has 0 aliphatic heterocycles. The Hall–Kier alpha value is -2.89. The van der Waals surface area contributed by atoms with Gasteiger partial charge in [0, 0.05) is 19.3 Å². The summed E-state index contributed by atoms with van der Waals surface area (Å²) in [6.07, 6.45) is 66.4. The van der Waals surface area contributed by atoms with Crippen LogP contribution in [-0.2, 0) is 28.6 Å². The zero-order valence-corrected chi connectivity index (χ0v) is 43.0. The van der Waals surface area contributed by atoms with Gasteiger partial charge >= 0.3 is 17.9 Å². The van der Waals surface area contributed by atoms with Crippen LogP contribution in [0.15, 0.2) is 60.8 Å². The van der Waals surface area contributed by atoms with Gasteiger partial charge in [-0.25, -0.2) is 0 Å². The molecule has 1 atom stereocenters. The SMILES string of the molecule is CC/C=C\C/C=C\C/C=C\CCCCC(=O)OCC(COC(=O)CCCCCCC/C=C\C=C/CCCCCCCCC)OC(=O)CCCCCCCCCCCCCCCCCCC. The Bertz CT molecular complexity index is 1180. The van der Waals surface area contributed by atoms with E-state index in [2.05, 4.69) is 81.5 Å². The molecule has 0 spiro atoms. The third kappa shape index (κ3) is 51.9.